The van der Waals surface area contributed by atoms with E-state index in [0.717, 1.165) is 15.8 Å². The van der Waals surface area contributed by atoms with Gasteiger partial charge in [0.15, 0.2) is 0 Å². The fourth-order valence-electron chi connectivity index (χ4n) is 3.43. The standard InChI is InChI=1S/C16H19BrN2O2/c1-21-14-7-6-11(17)8-10(14)9-18-19-16(20)15-12-4-2-3-5-13(12)15/h6-9,12-13,15H,2-5H2,1H3,(H,19,20)/t12-,13+,15?. The number of methoxy groups -OCH3 is 1. The van der Waals surface area contributed by atoms with Gasteiger partial charge in [0.25, 0.3) is 0 Å². The van der Waals surface area contributed by atoms with E-state index in [1.165, 1.54) is 25.7 Å². The predicted octanol–water partition coefficient (Wildman–Crippen LogP) is 3.34. The Labute approximate surface area is 133 Å². The molecule has 3 rings (SSSR count). The van der Waals surface area contributed by atoms with Crippen molar-refractivity contribution in [3.05, 3.63) is 28.2 Å². The quantitative estimate of drug-likeness (QED) is 0.668. The maximum Gasteiger partial charge on any atom is 0.243 e. The molecule has 0 radical (unpaired) electrons. The first-order chi connectivity index (χ1) is 10.2. The van der Waals surface area contributed by atoms with Gasteiger partial charge in [0, 0.05) is 16.0 Å². The molecule has 4 nitrogen and oxygen atoms in total. The number of nitrogens with one attached hydrogen (secondary N) is 1. The van der Waals surface area contributed by atoms with E-state index in [9.17, 15) is 4.79 Å². The first-order valence-electron chi connectivity index (χ1n) is 7.37. The van der Waals surface area contributed by atoms with Crippen LogP contribution in [-0.4, -0.2) is 19.2 Å². The molecule has 0 aliphatic heterocycles. The topological polar surface area (TPSA) is 50.7 Å². The van der Waals surface area contributed by atoms with Crippen LogP contribution in [0.4, 0.5) is 0 Å². The summed E-state index contributed by atoms with van der Waals surface area (Å²) in [5.41, 5.74) is 3.51. The lowest BCUT2D eigenvalue weighted by molar-refractivity contribution is -0.122. The molecule has 2 fully saturated rings. The lowest BCUT2D eigenvalue weighted by Gasteiger charge is -2.04. The van der Waals surface area contributed by atoms with E-state index in [2.05, 4.69) is 26.5 Å². The number of nitrogens with zero attached hydrogens (tertiary/aromatic N) is 1. The molecule has 2 aliphatic rings. The molecule has 1 N–H and O–H groups in total. The van der Waals surface area contributed by atoms with Crippen LogP contribution in [-0.2, 0) is 4.79 Å². The molecule has 2 aliphatic carbocycles. The second-order valence-corrected chi connectivity index (χ2v) is 6.67. The summed E-state index contributed by atoms with van der Waals surface area (Å²) in [4.78, 5) is 12.1. The van der Waals surface area contributed by atoms with Crippen LogP contribution in [0.2, 0.25) is 0 Å². The van der Waals surface area contributed by atoms with E-state index in [-0.39, 0.29) is 11.8 Å². The molecule has 1 unspecified atom stereocenters. The third-order valence-corrected chi connectivity index (χ3v) is 5.02. The van der Waals surface area contributed by atoms with Gasteiger partial charge < -0.3 is 4.74 Å². The van der Waals surface area contributed by atoms with Gasteiger partial charge in [-0.3, -0.25) is 4.79 Å². The van der Waals surface area contributed by atoms with Crippen molar-refractivity contribution in [2.45, 2.75) is 25.7 Å². The van der Waals surface area contributed by atoms with Gasteiger partial charge in [-0.1, -0.05) is 28.8 Å². The zero-order valence-electron chi connectivity index (χ0n) is 12.0. The number of carbonyl (C=O) groups is 1. The number of ether oxygens (including phenoxy) is 1. The summed E-state index contributed by atoms with van der Waals surface area (Å²) in [6.45, 7) is 0. The monoisotopic (exact) mass is 350 g/mol. The minimum atomic E-state index is 0.0668. The van der Waals surface area contributed by atoms with Gasteiger partial charge in [-0.15, -0.1) is 0 Å². The SMILES string of the molecule is COc1ccc(Br)cc1C=NNC(=O)C1[C@H]2CCCC[C@@H]12. The second-order valence-electron chi connectivity index (χ2n) is 5.76. The number of carbonyl (C=O) groups excluding carboxylic acids is 1. The van der Waals surface area contributed by atoms with Crippen LogP contribution < -0.4 is 10.2 Å². The van der Waals surface area contributed by atoms with Crippen molar-refractivity contribution in [3.8, 4) is 5.75 Å². The van der Waals surface area contributed by atoms with E-state index in [0.29, 0.717) is 11.8 Å². The summed E-state index contributed by atoms with van der Waals surface area (Å²) in [6, 6.07) is 5.68. The van der Waals surface area contributed by atoms with Gasteiger partial charge in [0.05, 0.1) is 13.3 Å². The highest BCUT2D eigenvalue weighted by Gasteiger charge is 2.54. The lowest BCUT2D eigenvalue weighted by atomic mass is 10.0. The van der Waals surface area contributed by atoms with Gasteiger partial charge >= 0.3 is 0 Å². The number of hydrogen-bond donors (Lipinski definition) is 1. The minimum absolute atomic E-state index is 0.0668. The zero-order valence-corrected chi connectivity index (χ0v) is 13.6. The number of hydrazone groups is 1. The van der Waals surface area contributed by atoms with Crippen molar-refractivity contribution in [2.24, 2.45) is 22.9 Å². The fourth-order valence-corrected chi connectivity index (χ4v) is 3.81. The van der Waals surface area contributed by atoms with Crippen molar-refractivity contribution in [3.63, 3.8) is 0 Å². The van der Waals surface area contributed by atoms with Crippen molar-refractivity contribution in [2.75, 3.05) is 7.11 Å². The Morgan fingerprint density at radius 2 is 2.10 bits per heavy atom. The summed E-state index contributed by atoms with van der Waals surface area (Å²) >= 11 is 3.42. The van der Waals surface area contributed by atoms with Gasteiger partial charge in [-0.05, 0) is 42.9 Å². The maximum absolute atomic E-state index is 12.1. The molecule has 0 spiro atoms. The number of benzene rings is 1. The average molecular weight is 351 g/mol. The number of amides is 1. The van der Waals surface area contributed by atoms with Crippen molar-refractivity contribution >= 4 is 28.1 Å². The fraction of sp³-hybridized carbons (Fsp3) is 0.500. The van der Waals surface area contributed by atoms with Crippen LogP contribution in [0.5, 0.6) is 5.75 Å². The maximum atomic E-state index is 12.1. The molecule has 0 bridgehead atoms. The van der Waals surface area contributed by atoms with Crippen LogP contribution in [0, 0.1) is 17.8 Å². The van der Waals surface area contributed by atoms with Crippen LogP contribution in [0.25, 0.3) is 0 Å². The molecule has 1 aromatic rings. The zero-order chi connectivity index (χ0) is 14.8. The summed E-state index contributed by atoms with van der Waals surface area (Å²) in [5.74, 6) is 2.20. The van der Waals surface area contributed by atoms with E-state index >= 15 is 0 Å². The first-order valence-corrected chi connectivity index (χ1v) is 8.16. The minimum Gasteiger partial charge on any atom is -0.496 e. The smallest absolute Gasteiger partial charge is 0.243 e. The molecule has 1 aromatic carbocycles. The third kappa shape index (κ3) is 3.12. The summed E-state index contributed by atoms with van der Waals surface area (Å²) in [5, 5.41) is 4.09. The van der Waals surface area contributed by atoms with Crippen molar-refractivity contribution in [1.82, 2.24) is 5.43 Å². The van der Waals surface area contributed by atoms with Crippen LogP contribution in [0.15, 0.2) is 27.8 Å². The summed E-state index contributed by atoms with van der Waals surface area (Å²) < 4.78 is 6.22. The molecule has 5 heteroatoms. The van der Waals surface area contributed by atoms with Crippen LogP contribution in [0.3, 0.4) is 0 Å². The highest BCUT2D eigenvalue weighted by molar-refractivity contribution is 9.10. The number of halogens is 1. The van der Waals surface area contributed by atoms with Crippen molar-refractivity contribution < 1.29 is 9.53 Å². The largest absolute Gasteiger partial charge is 0.496 e. The Kier molecular flexibility index (Phi) is 4.29. The molecular formula is C16H19BrN2O2. The molecule has 0 heterocycles. The van der Waals surface area contributed by atoms with E-state index in [1.807, 2.05) is 18.2 Å². The Bertz CT molecular complexity index is 561. The average Bonchev–Trinajstić information content (AvgIpc) is 3.22. The first kappa shape index (κ1) is 14.6. The van der Waals surface area contributed by atoms with Gasteiger partial charge in [-0.25, -0.2) is 5.43 Å². The molecule has 0 aromatic heterocycles. The van der Waals surface area contributed by atoms with E-state index < -0.39 is 0 Å². The normalized spacial score (nSPS) is 27.2. The van der Waals surface area contributed by atoms with Gasteiger partial charge in [0.1, 0.15) is 5.75 Å². The Hall–Kier alpha value is -1.36. The number of rotatable bonds is 4. The van der Waals surface area contributed by atoms with E-state index in [1.54, 1.807) is 13.3 Å². The summed E-state index contributed by atoms with van der Waals surface area (Å²) in [6.07, 6.45) is 6.57. The van der Waals surface area contributed by atoms with Crippen LogP contribution in [0.1, 0.15) is 31.2 Å². The van der Waals surface area contributed by atoms with Crippen LogP contribution >= 0.6 is 15.9 Å². The highest BCUT2D eigenvalue weighted by atomic mass is 79.9. The molecule has 2 saturated carbocycles. The molecule has 0 saturated heterocycles. The van der Waals surface area contributed by atoms with Gasteiger partial charge in [0.2, 0.25) is 5.91 Å². The molecule has 1 amide bonds. The molecular weight excluding hydrogens is 332 g/mol. The second kappa shape index (κ2) is 6.18. The Morgan fingerprint density at radius 1 is 1.38 bits per heavy atom. The molecule has 3 atom stereocenters. The third-order valence-electron chi connectivity index (χ3n) is 4.53. The molecule has 21 heavy (non-hydrogen) atoms. The van der Waals surface area contributed by atoms with Crippen molar-refractivity contribution in [1.29, 1.82) is 0 Å². The van der Waals surface area contributed by atoms with Gasteiger partial charge in [-0.2, -0.15) is 5.10 Å². The highest BCUT2D eigenvalue weighted by Crippen LogP contribution is 2.55. The summed E-state index contributed by atoms with van der Waals surface area (Å²) in [7, 11) is 1.62. The lowest BCUT2D eigenvalue weighted by Crippen LogP contribution is -2.20. The van der Waals surface area contributed by atoms with E-state index in [4.69, 9.17) is 4.74 Å². The number of fused-ring (bicyclic) bond motifs is 1. The Balaban J connectivity index is 1.60. The molecule has 112 valence electrons. The predicted molar refractivity (Wildman–Crippen MR) is 85.4 cm³/mol. The number of hydrogen-bond acceptors (Lipinski definition) is 3. The Morgan fingerprint density at radius 3 is 2.76 bits per heavy atom.